The number of aliphatic imine (C=N–C) groups is 1. The second kappa shape index (κ2) is 12.9. The number of nitrogens with zero attached hydrogens (tertiary/aromatic N) is 1. The molecule has 2 aliphatic rings. The van der Waals surface area contributed by atoms with Gasteiger partial charge in [0.25, 0.3) is 0 Å². The van der Waals surface area contributed by atoms with Gasteiger partial charge < -0.3 is 25.4 Å². The SMILES string of the molecule is CN=C(NCCCOCC1CCOC1)NCCC(=O)NC1CCCCC1. The molecule has 0 aromatic carbocycles. The molecule has 1 aliphatic heterocycles. The average molecular weight is 369 g/mol. The fourth-order valence-electron chi connectivity index (χ4n) is 3.41. The Bertz CT molecular complexity index is 419. The molecule has 0 aromatic rings. The first-order valence-corrected chi connectivity index (χ1v) is 10.2. The van der Waals surface area contributed by atoms with Gasteiger partial charge in [0.05, 0.1) is 13.2 Å². The number of hydrogen-bond donors (Lipinski definition) is 3. The van der Waals surface area contributed by atoms with E-state index in [1.807, 2.05) is 0 Å². The van der Waals surface area contributed by atoms with Crippen molar-refractivity contribution in [3.05, 3.63) is 0 Å². The van der Waals surface area contributed by atoms with Crippen LogP contribution in [0.15, 0.2) is 4.99 Å². The lowest BCUT2D eigenvalue weighted by Gasteiger charge is -2.22. The highest BCUT2D eigenvalue weighted by atomic mass is 16.5. The van der Waals surface area contributed by atoms with E-state index < -0.39 is 0 Å². The Balaban J connectivity index is 1.44. The van der Waals surface area contributed by atoms with Crippen LogP contribution in [0.2, 0.25) is 0 Å². The highest BCUT2D eigenvalue weighted by Gasteiger charge is 2.16. The van der Waals surface area contributed by atoms with E-state index in [4.69, 9.17) is 9.47 Å². The molecule has 1 atom stereocenters. The quantitative estimate of drug-likeness (QED) is 0.309. The number of carbonyl (C=O) groups is 1. The van der Waals surface area contributed by atoms with Crippen LogP contribution in [0.25, 0.3) is 0 Å². The fraction of sp³-hybridized carbons (Fsp3) is 0.895. The molecular formula is C19H36N4O3. The van der Waals surface area contributed by atoms with Gasteiger partial charge in [0.1, 0.15) is 0 Å². The smallest absolute Gasteiger partial charge is 0.221 e. The van der Waals surface area contributed by atoms with E-state index in [0.717, 1.165) is 64.6 Å². The van der Waals surface area contributed by atoms with Gasteiger partial charge in [0.2, 0.25) is 5.91 Å². The van der Waals surface area contributed by atoms with Crippen LogP contribution >= 0.6 is 0 Å². The predicted molar refractivity (Wildman–Crippen MR) is 103 cm³/mol. The molecular weight excluding hydrogens is 332 g/mol. The maximum Gasteiger partial charge on any atom is 0.221 e. The molecule has 150 valence electrons. The fourth-order valence-corrected chi connectivity index (χ4v) is 3.41. The van der Waals surface area contributed by atoms with Crippen LogP contribution in [0.3, 0.4) is 0 Å². The molecule has 0 spiro atoms. The molecule has 2 fully saturated rings. The third-order valence-corrected chi connectivity index (χ3v) is 4.97. The van der Waals surface area contributed by atoms with E-state index in [9.17, 15) is 4.79 Å². The second-order valence-corrected chi connectivity index (χ2v) is 7.24. The predicted octanol–water partition coefficient (Wildman–Crippen LogP) is 1.43. The number of guanidine groups is 1. The highest BCUT2D eigenvalue weighted by Crippen LogP contribution is 2.17. The van der Waals surface area contributed by atoms with Crippen molar-refractivity contribution < 1.29 is 14.3 Å². The summed E-state index contributed by atoms with van der Waals surface area (Å²) in [5, 5.41) is 9.58. The first-order valence-electron chi connectivity index (χ1n) is 10.2. The van der Waals surface area contributed by atoms with Crippen molar-refractivity contribution >= 4 is 11.9 Å². The zero-order valence-electron chi connectivity index (χ0n) is 16.2. The summed E-state index contributed by atoms with van der Waals surface area (Å²) in [6, 6.07) is 0.379. The van der Waals surface area contributed by atoms with E-state index in [-0.39, 0.29) is 5.91 Å². The molecule has 1 aliphatic carbocycles. The maximum atomic E-state index is 12.0. The molecule has 7 nitrogen and oxygen atoms in total. The number of rotatable bonds is 10. The standard InChI is InChI=1S/C19H36N4O3/c1-20-19(21-10-5-12-25-14-16-9-13-26-15-16)22-11-8-18(24)23-17-6-3-2-4-7-17/h16-17H,2-15H2,1H3,(H,23,24)(H2,20,21,22). The first-order chi connectivity index (χ1) is 12.8. The summed E-state index contributed by atoms with van der Waals surface area (Å²) in [5.41, 5.74) is 0. The lowest BCUT2D eigenvalue weighted by molar-refractivity contribution is -0.121. The summed E-state index contributed by atoms with van der Waals surface area (Å²) in [6.07, 6.45) is 8.53. The zero-order valence-corrected chi connectivity index (χ0v) is 16.2. The molecule has 1 unspecified atom stereocenters. The molecule has 7 heteroatoms. The Hall–Kier alpha value is -1.34. The summed E-state index contributed by atoms with van der Waals surface area (Å²) < 4.78 is 11.0. The minimum Gasteiger partial charge on any atom is -0.381 e. The minimum absolute atomic E-state index is 0.129. The van der Waals surface area contributed by atoms with Crippen molar-refractivity contribution in [3.8, 4) is 0 Å². The van der Waals surface area contributed by atoms with Crippen LogP contribution in [0.5, 0.6) is 0 Å². The van der Waals surface area contributed by atoms with Gasteiger partial charge in [-0.25, -0.2) is 0 Å². The monoisotopic (exact) mass is 368 g/mol. The summed E-state index contributed by atoms with van der Waals surface area (Å²) in [4.78, 5) is 16.2. The molecule has 26 heavy (non-hydrogen) atoms. The van der Waals surface area contributed by atoms with Crippen LogP contribution < -0.4 is 16.0 Å². The van der Waals surface area contributed by atoms with Crippen LogP contribution in [-0.4, -0.2) is 64.5 Å². The lowest BCUT2D eigenvalue weighted by Crippen LogP contribution is -2.41. The third kappa shape index (κ3) is 8.85. The van der Waals surface area contributed by atoms with Crippen molar-refractivity contribution in [2.24, 2.45) is 10.9 Å². The number of hydrogen-bond acceptors (Lipinski definition) is 4. The summed E-state index contributed by atoms with van der Waals surface area (Å²) in [7, 11) is 1.74. The Labute approximate surface area is 157 Å². The molecule has 0 aromatic heterocycles. The molecule has 2 rings (SSSR count). The van der Waals surface area contributed by atoms with Crippen LogP contribution in [0, 0.1) is 5.92 Å². The molecule has 0 radical (unpaired) electrons. The minimum atomic E-state index is 0.129. The summed E-state index contributed by atoms with van der Waals surface area (Å²) in [5.74, 6) is 1.43. The van der Waals surface area contributed by atoms with Gasteiger partial charge in [-0.15, -0.1) is 0 Å². The lowest BCUT2D eigenvalue weighted by atomic mass is 9.95. The second-order valence-electron chi connectivity index (χ2n) is 7.24. The van der Waals surface area contributed by atoms with Crippen LogP contribution in [0.1, 0.15) is 51.4 Å². The van der Waals surface area contributed by atoms with Crippen molar-refractivity contribution in [2.45, 2.75) is 57.4 Å². The highest BCUT2D eigenvalue weighted by molar-refractivity contribution is 5.81. The molecule has 3 N–H and O–H groups in total. The Morgan fingerprint density at radius 2 is 1.96 bits per heavy atom. The Morgan fingerprint density at radius 3 is 2.69 bits per heavy atom. The van der Waals surface area contributed by atoms with Gasteiger partial charge in [-0.2, -0.15) is 0 Å². The van der Waals surface area contributed by atoms with E-state index >= 15 is 0 Å². The summed E-state index contributed by atoms with van der Waals surface area (Å²) in [6.45, 7) is 4.64. The van der Waals surface area contributed by atoms with Crippen molar-refractivity contribution in [1.82, 2.24) is 16.0 Å². The van der Waals surface area contributed by atoms with Crippen molar-refractivity contribution in [2.75, 3.05) is 46.6 Å². The van der Waals surface area contributed by atoms with Gasteiger partial charge in [-0.3, -0.25) is 9.79 Å². The molecule has 0 bridgehead atoms. The first kappa shape index (κ1) is 21.0. The van der Waals surface area contributed by atoms with Gasteiger partial charge >= 0.3 is 0 Å². The summed E-state index contributed by atoms with van der Waals surface area (Å²) >= 11 is 0. The van der Waals surface area contributed by atoms with Gasteiger partial charge in [-0.1, -0.05) is 19.3 Å². The molecule has 1 heterocycles. The van der Waals surface area contributed by atoms with Crippen molar-refractivity contribution in [1.29, 1.82) is 0 Å². The van der Waals surface area contributed by atoms with Gasteiger partial charge in [0.15, 0.2) is 5.96 Å². The Morgan fingerprint density at radius 1 is 1.15 bits per heavy atom. The third-order valence-electron chi connectivity index (χ3n) is 4.97. The number of nitrogens with one attached hydrogen (secondary N) is 3. The van der Waals surface area contributed by atoms with Gasteiger partial charge in [0, 0.05) is 51.7 Å². The molecule has 1 amide bonds. The normalized spacial score (nSPS) is 21.6. The number of carbonyl (C=O) groups excluding carboxylic acids is 1. The topological polar surface area (TPSA) is 84.0 Å². The maximum absolute atomic E-state index is 12.0. The molecule has 1 saturated carbocycles. The van der Waals surface area contributed by atoms with Crippen LogP contribution in [-0.2, 0) is 14.3 Å². The van der Waals surface area contributed by atoms with E-state index in [2.05, 4.69) is 20.9 Å². The van der Waals surface area contributed by atoms with Crippen LogP contribution in [0.4, 0.5) is 0 Å². The van der Waals surface area contributed by atoms with Crippen molar-refractivity contribution in [3.63, 3.8) is 0 Å². The number of ether oxygens (including phenoxy) is 2. The Kier molecular flexibility index (Phi) is 10.4. The molecule has 1 saturated heterocycles. The average Bonchev–Trinajstić information content (AvgIpc) is 3.17. The van der Waals surface area contributed by atoms with E-state index in [1.54, 1.807) is 7.05 Å². The van der Waals surface area contributed by atoms with Gasteiger partial charge in [-0.05, 0) is 25.7 Å². The number of amides is 1. The largest absolute Gasteiger partial charge is 0.381 e. The zero-order chi connectivity index (χ0) is 18.5. The van der Waals surface area contributed by atoms with E-state index in [0.29, 0.717) is 24.9 Å². The van der Waals surface area contributed by atoms with E-state index in [1.165, 1.54) is 19.3 Å².